The van der Waals surface area contributed by atoms with Gasteiger partial charge in [0.25, 0.3) is 0 Å². The van der Waals surface area contributed by atoms with E-state index in [2.05, 4.69) is 43.2 Å². The van der Waals surface area contributed by atoms with Crippen LogP contribution in [0.2, 0.25) is 0 Å². The number of methoxy groups -OCH3 is 1. The maximum Gasteiger partial charge on any atom is 0.119 e. The van der Waals surface area contributed by atoms with Crippen LogP contribution < -0.4 is 10.1 Å². The van der Waals surface area contributed by atoms with Crippen molar-refractivity contribution in [2.45, 2.75) is 32.9 Å². The summed E-state index contributed by atoms with van der Waals surface area (Å²) in [4.78, 5) is 2.32. The summed E-state index contributed by atoms with van der Waals surface area (Å²) in [5.74, 6) is 0.929. The normalized spacial score (nSPS) is 12.7. The van der Waals surface area contributed by atoms with Gasteiger partial charge < -0.3 is 15.0 Å². The number of likely N-dealkylation sites (N-methyl/N-ethyl adjacent to an activating group) is 1. The first-order valence-electron chi connectivity index (χ1n) is 6.70. The fourth-order valence-electron chi connectivity index (χ4n) is 1.81. The topological polar surface area (TPSA) is 24.5 Å². The van der Waals surface area contributed by atoms with Gasteiger partial charge in [-0.1, -0.05) is 19.1 Å². The molecule has 0 amide bonds. The molecule has 0 heterocycles. The molecule has 1 rings (SSSR count). The molecule has 0 bridgehead atoms. The van der Waals surface area contributed by atoms with Crippen molar-refractivity contribution in [2.75, 3.05) is 27.2 Å². The molecular weight excluding hydrogens is 224 g/mol. The van der Waals surface area contributed by atoms with E-state index in [0.29, 0.717) is 6.04 Å². The van der Waals surface area contributed by atoms with Crippen molar-refractivity contribution >= 4 is 0 Å². The SMILES string of the molecule is CCC(C)NCCN(C)Cc1cccc(OC)c1. The van der Waals surface area contributed by atoms with E-state index in [-0.39, 0.29) is 0 Å². The van der Waals surface area contributed by atoms with Crippen molar-refractivity contribution in [2.24, 2.45) is 0 Å². The van der Waals surface area contributed by atoms with Gasteiger partial charge in [0, 0.05) is 25.7 Å². The first-order valence-corrected chi connectivity index (χ1v) is 6.70. The smallest absolute Gasteiger partial charge is 0.119 e. The second-order valence-electron chi connectivity index (χ2n) is 4.85. The van der Waals surface area contributed by atoms with Crippen LogP contribution in [0.5, 0.6) is 5.75 Å². The highest BCUT2D eigenvalue weighted by molar-refractivity contribution is 5.28. The van der Waals surface area contributed by atoms with Crippen LogP contribution in [-0.2, 0) is 6.54 Å². The van der Waals surface area contributed by atoms with E-state index in [4.69, 9.17) is 4.74 Å². The number of rotatable bonds is 8. The molecule has 1 aromatic rings. The molecule has 0 aliphatic carbocycles. The molecule has 1 aromatic carbocycles. The first-order chi connectivity index (χ1) is 8.65. The maximum absolute atomic E-state index is 5.23. The number of hydrogen-bond acceptors (Lipinski definition) is 3. The number of benzene rings is 1. The summed E-state index contributed by atoms with van der Waals surface area (Å²) in [6, 6.07) is 8.86. The minimum Gasteiger partial charge on any atom is -0.497 e. The Morgan fingerprint density at radius 3 is 2.83 bits per heavy atom. The van der Waals surface area contributed by atoms with Crippen molar-refractivity contribution in [1.29, 1.82) is 0 Å². The molecule has 1 atom stereocenters. The van der Waals surface area contributed by atoms with Gasteiger partial charge in [-0.2, -0.15) is 0 Å². The third-order valence-corrected chi connectivity index (χ3v) is 3.19. The van der Waals surface area contributed by atoms with Crippen LogP contribution >= 0.6 is 0 Å². The third kappa shape index (κ3) is 5.52. The first kappa shape index (κ1) is 15.0. The van der Waals surface area contributed by atoms with Gasteiger partial charge >= 0.3 is 0 Å². The molecule has 3 nitrogen and oxygen atoms in total. The number of nitrogens with one attached hydrogen (secondary N) is 1. The van der Waals surface area contributed by atoms with E-state index < -0.39 is 0 Å². The molecule has 0 saturated heterocycles. The van der Waals surface area contributed by atoms with Gasteiger partial charge in [-0.25, -0.2) is 0 Å². The summed E-state index contributed by atoms with van der Waals surface area (Å²) < 4.78 is 5.23. The van der Waals surface area contributed by atoms with Crippen molar-refractivity contribution in [3.05, 3.63) is 29.8 Å². The summed E-state index contributed by atoms with van der Waals surface area (Å²) in [6.45, 7) is 7.48. The highest BCUT2D eigenvalue weighted by atomic mass is 16.5. The molecule has 102 valence electrons. The zero-order valence-corrected chi connectivity index (χ0v) is 12.1. The second kappa shape index (κ2) is 8.11. The van der Waals surface area contributed by atoms with Crippen LogP contribution in [0.25, 0.3) is 0 Å². The van der Waals surface area contributed by atoms with Crippen LogP contribution in [-0.4, -0.2) is 38.2 Å². The maximum atomic E-state index is 5.23. The van der Waals surface area contributed by atoms with Crippen LogP contribution in [0, 0.1) is 0 Å². The Balaban J connectivity index is 2.32. The minimum absolute atomic E-state index is 0.607. The van der Waals surface area contributed by atoms with E-state index >= 15 is 0 Å². The summed E-state index contributed by atoms with van der Waals surface area (Å²) in [5, 5.41) is 3.51. The Hall–Kier alpha value is -1.06. The van der Waals surface area contributed by atoms with E-state index in [1.807, 2.05) is 12.1 Å². The predicted molar refractivity (Wildman–Crippen MR) is 77.1 cm³/mol. The summed E-state index contributed by atoms with van der Waals surface area (Å²) in [5.41, 5.74) is 1.29. The summed E-state index contributed by atoms with van der Waals surface area (Å²) >= 11 is 0. The lowest BCUT2D eigenvalue weighted by Gasteiger charge is -2.19. The Kier molecular flexibility index (Phi) is 6.76. The highest BCUT2D eigenvalue weighted by Crippen LogP contribution is 2.13. The van der Waals surface area contributed by atoms with E-state index in [1.165, 1.54) is 12.0 Å². The van der Waals surface area contributed by atoms with Gasteiger partial charge in [-0.15, -0.1) is 0 Å². The molecule has 3 heteroatoms. The van der Waals surface area contributed by atoms with Crippen molar-refractivity contribution in [3.63, 3.8) is 0 Å². The van der Waals surface area contributed by atoms with Crippen LogP contribution in [0.4, 0.5) is 0 Å². The average Bonchev–Trinajstić information content (AvgIpc) is 2.38. The lowest BCUT2D eigenvalue weighted by Crippen LogP contribution is -2.33. The minimum atomic E-state index is 0.607. The number of ether oxygens (including phenoxy) is 1. The standard InChI is InChI=1S/C15H26N2O/c1-5-13(2)16-9-10-17(3)12-14-7-6-8-15(11-14)18-4/h6-8,11,13,16H,5,9-10,12H2,1-4H3. The zero-order chi connectivity index (χ0) is 13.4. The molecule has 0 radical (unpaired) electrons. The molecule has 0 saturated carbocycles. The van der Waals surface area contributed by atoms with E-state index in [1.54, 1.807) is 7.11 Å². The van der Waals surface area contributed by atoms with Crippen molar-refractivity contribution < 1.29 is 4.74 Å². The number of hydrogen-bond donors (Lipinski definition) is 1. The van der Waals surface area contributed by atoms with Gasteiger partial charge in [-0.3, -0.25) is 0 Å². The number of nitrogens with zero attached hydrogens (tertiary/aromatic N) is 1. The quantitative estimate of drug-likeness (QED) is 0.767. The lowest BCUT2D eigenvalue weighted by molar-refractivity contribution is 0.316. The van der Waals surface area contributed by atoms with Crippen molar-refractivity contribution in [3.8, 4) is 5.75 Å². The predicted octanol–water partition coefficient (Wildman–Crippen LogP) is 2.52. The molecule has 0 aromatic heterocycles. The highest BCUT2D eigenvalue weighted by Gasteiger charge is 2.02. The van der Waals surface area contributed by atoms with Crippen LogP contribution in [0.3, 0.4) is 0 Å². The van der Waals surface area contributed by atoms with Crippen LogP contribution in [0.1, 0.15) is 25.8 Å². The molecule has 1 N–H and O–H groups in total. The average molecular weight is 250 g/mol. The van der Waals surface area contributed by atoms with Gasteiger partial charge in [0.05, 0.1) is 7.11 Å². The molecule has 0 aliphatic heterocycles. The monoisotopic (exact) mass is 250 g/mol. The van der Waals surface area contributed by atoms with Crippen molar-refractivity contribution in [1.82, 2.24) is 10.2 Å². The largest absolute Gasteiger partial charge is 0.497 e. The fraction of sp³-hybridized carbons (Fsp3) is 0.600. The van der Waals surface area contributed by atoms with Gasteiger partial charge in [0.15, 0.2) is 0 Å². The fourth-order valence-corrected chi connectivity index (χ4v) is 1.81. The molecule has 1 unspecified atom stereocenters. The summed E-state index contributed by atoms with van der Waals surface area (Å²) in [6.07, 6.45) is 1.18. The Bertz CT molecular complexity index is 341. The molecule has 18 heavy (non-hydrogen) atoms. The van der Waals surface area contributed by atoms with E-state index in [0.717, 1.165) is 25.4 Å². The molecule has 0 spiro atoms. The molecule has 0 aliphatic rings. The van der Waals surface area contributed by atoms with Gasteiger partial charge in [0.1, 0.15) is 5.75 Å². The Morgan fingerprint density at radius 2 is 2.17 bits per heavy atom. The summed E-state index contributed by atoms with van der Waals surface area (Å²) in [7, 11) is 3.86. The Labute approximate surface area is 111 Å². The zero-order valence-electron chi connectivity index (χ0n) is 12.1. The molecular formula is C15H26N2O. The molecule has 0 fully saturated rings. The Morgan fingerprint density at radius 1 is 1.39 bits per heavy atom. The van der Waals surface area contributed by atoms with Gasteiger partial charge in [-0.05, 0) is 38.1 Å². The van der Waals surface area contributed by atoms with E-state index in [9.17, 15) is 0 Å². The second-order valence-corrected chi connectivity index (χ2v) is 4.85. The van der Waals surface area contributed by atoms with Crippen LogP contribution in [0.15, 0.2) is 24.3 Å². The third-order valence-electron chi connectivity index (χ3n) is 3.19. The van der Waals surface area contributed by atoms with Gasteiger partial charge in [0.2, 0.25) is 0 Å². The lowest BCUT2D eigenvalue weighted by atomic mass is 10.2.